The van der Waals surface area contributed by atoms with E-state index in [-0.39, 0.29) is 23.7 Å². The van der Waals surface area contributed by atoms with Gasteiger partial charge in [-0.15, -0.1) is 0 Å². The van der Waals surface area contributed by atoms with Crippen molar-refractivity contribution in [1.82, 2.24) is 0 Å². The highest BCUT2D eigenvalue weighted by Crippen LogP contribution is 2.39. The smallest absolute Gasteiger partial charge is 0.269 e. The van der Waals surface area contributed by atoms with E-state index in [0.29, 0.717) is 0 Å². The molecule has 1 N–H and O–H groups in total. The highest BCUT2D eigenvalue weighted by molar-refractivity contribution is 6.05. The minimum Gasteiger partial charge on any atom is -0.378 e. The van der Waals surface area contributed by atoms with Gasteiger partial charge >= 0.3 is 0 Å². The number of nitro benzene ring substituents is 1. The van der Waals surface area contributed by atoms with E-state index in [4.69, 9.17) is 0 Å². The summed E-state index contributed by atoms with van der Waals surface area (Å²) in [5, 5.41) is 14.5. The number of carbonyl (C=O) groups excluding carboxylic acids is 1. The van der Waals surface area contributed by atoms with E-state index >= 15 is 0 Å². The lowest BCUT2D eigenvalue weighted by Gasteiger charge is -2.39. The first-order chi connectivity index (χ1) is 15.8. The normalized spacial score (nSPS) is 17.6. The first kappa shape index (κ1) is 22.3. The van der Waals surface area contributed by atoms with E-state index in [1.54, 1.807) is 18.2 Å². The van der Waals surface area contributed by atoms with Crippen LogP contribution in [-0.2, 0) is 4.79 Å². The molecule has 1 amide bonds. The molecule has 1 heterocycles. The van der Waals surface area contributed by atoms with E-state index in [1.807, 2.05) is 17.0 Å². The van der Waals surface area contributed by atoms with E-state index in [0.717, 1.165) is 34.5 Å². The van der Waals surface area contributed by atoms with Crippen molar-refractivity contribution < 1.29 is 9.72 Å². The van der Waals surface area contributed by atoms with Crippen LogP contribution in [-0.4, -0.2) is 16.9 Å². The van der Waals surface area contributed by atoms with Crippen LogP contribution in [0.15, 0.2) is 72.8 Å². The second kappa shape index (κ2) is 9.28. The molecule has 1 aliphatic rings. The second-order valence-corrected chi connectivity index (χ2v) is 8.60. The van der Waals surface area contributed by atoms with Crippen LogP contribution in [0.4, 0.5) is 17.1 Å². The molecule has 6 heteroatoms. The van der Waals surface area contributed by atoms with Gasteiger partial charge < -0.3 is 10.2 Å². The fraction of sp³-hybridized carbons (Fsp3) is 0.222. The third-order valence-corrected chi connectivity index (χ3v) is 5.99. The quantitative estimate of drug-likeness (QED) is 0.290. The maximum Gasteiger partial charge on any atom is 0.269 e. The average Bonchev–Trinajstić information content (AvgIpc) is 2.79. The van der Waals surface area contributed by atoms with Crippen LogP contribution in [0.3, 0.4) is 0 Å². The number of fused-ring (bicyclic) bond motifs is 1. The molecule has 4 rings (SSSR count). The first-order valence-electron chi connectivity index (χ1n) is 11.0. The molecule has 6 nitrogen and oxygen atoms in total. The zero-order valence-corrected chi connectivity index (χ0v) is 19.0. The standard InChI is InChI=1S/C27H27N3O3/c1-18-4-10-22(11-5-18)28-25-17-20(3)29(26-14-6-19(2)16-24(25)26)27(31)15-9-21-7-12-23(13-8-21)30(32)33/h4-16,20,25,28H,17H2,1-3H3/b15-9+/t20-,25+/m1/s1. The molecule has 168 valence electrons. The Labute approximate surface area is 193 Å². The van der Waals surface area contributed by atoms with Gasteiger partial charge in [-0.1, -0.05) is 35.4 Å². The van der Waals surface area contributed by atoms with Crippen molar-refractivity contribution in [2.75, 3.05) is 10.2 Å². The number of nitrogens with one attached hydrogen (secondary N) is 1. The summed E-state index contributed by atoms with van der Waals surface area (Å²) in [5.74, 6) is -0.111. The van der Waals surface area contributed by atoms with Gasteiger partial charge in [0.1, 0.15) is 0 Å². The van der Waals surface area contributed by atoms with Crippen LogP contribution in [0, 0.1) is 24.0 Å². The van der Waals surface area contributed by atoms with Gasteiger partial charge in [0.2, 0.25) is 0 Å². The molecule has 0 spiro atoms. The maximum absolute atomic E-state index is 13.2. The summed E-state index contributed by atoms with van der Waals surface area (Å²) in [7, 11) is 0. The molecule has 3 aromatic carbocycles. The van der Waals surface area contributed by atoms with Crippen molar-refractivity contribution >= 4 is 29.0 Å². The molecular weight excluding hydrogens is 414 g/mol. The number of non-ortho nitro benzene ring substituents is 1. The van der Waals surface area contributed by atoms with Gasteiger partial charge in [-0.05, 0) is 74.7 Å². The van der Waals surface area contributed by atoms with E-state index in [9.17, 15) is 14.9 Å². The van der Waals surface area contributed by atoms with Crippen molar-refractivity contribution in [3.63, 3.8) is 0 Å². The van der Waals surface area contributed by atoms with Crippen molar-refractivity contribution in [2.24, 2.45) is 0 Å². The van der Waals surface area contributed by atoms with Gasteiger partial charge in [-0.2, -0.15) is 0 Å². The number of anilines is 2. The minimum atomic E-state index is -0.436. The molecule has 0 saturated carbocycles. The minimum absolute atomic E-state index is 0.00262. The molecule has 3 aromatic rings. The Bertz CT molecular complexity index is 1200. The van der Waals surface area contributed by atoms with Crippen LogP contribution in [0.1, 0.15) is 41.6 Å². The fourth-order valence-corrected chi connectivity index (χ4v) is 4.26. The van der Waals surface area contributed by atoms with Gasteiger partial charge in [-0.3, -0.25) is 14.9 Å². The highest BCUT2D eigenvalue weighted by Gasteiger charge is 2.33. The van der Waals surface area contributed by atoms with Crippen molar-refractivity contribution in [2.45, 2.75) is 39.3 Å². The molecule has 2 atom stereocenters. The first-order valence-corrected chi connectivity index (χ1v) is 11.0. The Hall–Kier alpha value is -3.93. The zero-order valence-electron chi connectivity index (χ0n) is 19.0. The molecule has 0 radical (unpaired) electrons. The van der Waals surface area contributed by atoms with Crippen molar-refractivity contribution in [1.29, 1.82) is 0 Å². The predicted octanol–water partition coefficient (Wildman–Crippen LogP) is 6.20. The Morgan fingerprint density at radius 3 is 2.36 bits per heavy atom. The molecule has 0 saturated heterocycles. The third kappa shape index (κ3) is 4.95. The number of rotatable bonds is 5. The molecule has 0 aliphatic carbocycles. The molecule has 0 unspecified atom stereocenters. The SMILES string of the molecule is Cc1ccc(N[C@H]2C[C@@H](C)N(C(=O)/C=C/c3ccc([N+](=O)[O-])cc3)c3ccc(C)cc32)cc1. The number of hydrogen-bond acceptors (Lipinski definition) is 4. The molecule has 1 aliphatic heterocycles. The Morgan fingerprint density at radius 2 is 1.70 bits per heavy atom. The number of nitro groups is 1. The predicted molar refractivity (Wildman–Crippen MR) is 132 cm³/mol. The molecule has 0 aromatic heterocycles. The molecule has 33 heavy (non-hydrogen) atoms. The summed E-state index contributed by atoms with van der Waals surface area (Å²) in [6.45, 7) is 6.19. The molecular formula is C27H27N3O3. The summed E-state index contributed by atoms with van der Waals surface area (Å²) >= 11 is 0. The van der Waals surface area contributed by atoms with Gasteiger partial charge in [0.05, 0.1) is 11.0 Å². The third-order valence-electron chi connectivity index (χ3n) is 5.99. The van der Waals surface area contributed by atoms with Crippen molar-refractivity contribution in [3.8, 4) is 0 Å². The number of carbonyl (C=O) groups is 1. The molecule has 0 bridgehead atoms. The van der Waals surface area contributed by atoms with Crippen LogP contribution in [0.25, 0.3) is 6.08 Å². The summed E-state index contributed by atoms with van der Waals surface area (Å²) in [6, 6.07) is 20.8. The van der Waals surface area contributed by atoms with Crippen LogP contribution in [0.5, 0.6) is 0 Å². The summed E-state index contributed by atoms with van der Waals surface area (Å²) < 4.78 is 0. The lowest BCUT2D eigenvalue weighted by molar-refractivity contribution is -0.384. The monoisotopic (exact) mass is 441 g/mol. The van der Waals surface area contributed by atoms with Gasteiger partial charge in [-0.25, -0.2) is 0 Å². The Morgan fingerprint density at radius 1 is 1.03 bits per heavy atom. The number of benzene rings is 3. The van der Waals surface area contributed by atoms with Crippen LogP contribution < -0.4 is 10.2 Å². The van der Waals surface area contributed by atoms with Gasteiger partial charge in [0.25, 0.3) is 11.6 Å². The van der Waals surface area contributed by atoms with E-state index < -0.39 is 4.92 Å². The Kier molecular flexibility index (Phi) is 6.27. The largest absolute Gasteiger partial charge is 0.378 e. The van der Waals surface area contributed by atoms with E-state index in [1.165, 1.54) is 23.8 Å². The summed E-state index contributed by atoms with van der Waals surface area (Å²) in [4.78, 5) is 25.5. The van der Waals surface area contributed by atoms with Crippen molar-refractivity contribution in [3.05, 3.63) is 105 Å². The average molecular weight is 442 g/mol. The lowest BCUT2D eigenvalue weighted by Crippen LogP contribution is -2.43. The number of nitrogens with zero attached hydrogens (tertiary/aromatic N) is 2. The Balaban J connectivity index is 1.59. The van der Waals surface area contributed by atoms with E-state index in [2.05, 4.69) is 56.4 Å². The van der Waals surface area contributed by atoms with Gasteiger partial charge in [0, 0.05) is 35.6 Å². The number of aryl methyl sites for hydroxylation is 2. The number of amides is 1. The fourth-order valence-electron chi connectivity index (χ4n) is 4.26. The summed E-state index contributed by atoms with van der Waals surface area (Å²) in [6.07, 6.45) is 4.01. The highest BCUT2D eigenvalue weighted by atomic mass is 16.6. The zero-order chi connectivity index (χ0) is 23.5. The molecule has 0 fully saturated rings. The topological polar surface area (TPSA) is 75.5 Å². The second-order valence-electron chi connectivity index (χ2n) is 8.60. The lowest BCUT2D eigenvalue weighted by atomic mass is 9.90. The maximum atomic E-state index is 13.2. The van der Waals surface area contributed by atoms with Crippen LogP contribution in [0.2, 0.25) is 0 Å². The van der Waals surface area contributed by atoms with Crippen LogP contribution >= 0.6 is 0 Å². The number of hydrogen-bond donors (Lipinski definition) is 1. The summed E-state index contributed by atoms with van der Waals surface area (Å²) in [5.41, 5.74) is 6.19. The van der Waals surface area contributed by atoms with Gasteiger partial charge in [0.15, 0.2) is 0 Å².